The van der Waals surface area contributed by atoms with E-state index in [1.807, 2.05) is 6.07 Å². The highest BCUT2D eigenvalue weighted by molar-refractivity contribution is 8.12. The molecular weight excluding hydrogens is 468 g/mol. The standard InChI is InChI=1S/C15H20N2O4.C7H8O5S.H2/c18-14(21-11-8-17-6-9-20-10-7-17)12-16-15(19)13-4-2-1-3-5-13;1-4-5(12-6(8)11-4)3-10-7(9)13-2;/h1-5H,6-12H2,(H,16,19);3H2,1-2H3;1H. The van der Waals surface area contributed by atoms with Crippen LogP contribution >= 0.6 is 11.8 Å². The number of ether oxygens (including phenoxy) is 3. The van der Waals surface area contributed by atoms with Crippen molar-refractivity contribution < 1.29 is 38.9 Å². The molecule has 1 aliphatic heterocycles. The summed E-state index contributed by atoms with van der Waals surface area (Å²) in [4.78, 5) is 46.7. The molecule has 12 heteroatoms. The van der Waals surface area contributed by atoms with E-state index in [2.05, 4.69) is 19.1 Å². The molecule has 0 saturated carbocycles. The number of rotatable bonds is 8. The molecule has 2 heterocycles. The lowest BCUT2D eigenvalue weighted by Crippen LogP contribution is -2.39. The Kier molecular flexibility index (Phi) is 11.9. The summed E-state index contributed by atoms with van der Waals surface area (Å²) >= 11 is 0.945. The highest BCUT2D eigenvalue weighted by Crippen LogP contribution is 2.09. The van der Waals surface area contributed by atoms with E-state index in [-0.39, 0.29) is 26.2 Å². The van der Waals surface area contributed by atoms with E-state index in [1.54, 1.807) is 37.4 Å². The molecule has 1 aliphatic rings. The van der Waals surface area contributed by atoms with Gasteiger partial charge in [0.15, 0.2) is 18.1 Å². The van der Waals surface area contributed by atoms with Crippen molar-refractivity contribution >= 4 is 28.9 Å². The third-order valence-corrected chi connectivity index (χ3v) is 4.98. The van der Waals surface area contributed by atoms with Gasteiger partial charge in [-0.15, -0.1) is 0 Å². The Morgan fingerprint density at radius 3 is 2.44 bits per heavy atom. The minimum Gasteiger partial charge on any atom is -0.463 e. The second-order valence-corrected chi connectivity index (χ2v) is 7.64. The Morgan fingerprint density at radius 1 is 1.12 bits per heavy atom. The fraction of sp³-hybridized carbons (Fsp3) is 0.455. The smallest absolute Gasteiger partial charge is 0.463 e. The molecule has 1 aromatic carbocycles. The van der Waals surface area contributed by atoms with Crippen LogP contribution in [0.15, 0.2) is 44.0 Å². The Hall–Kier alpha value is -3.09. The number of nitrogens with zero attached hydrogens (tertiary/aromatic N) is 1. The van der Waals surface area contributed by atoms with E-state index >= 15 is 0 Å². The summed E-state index contributed by atoms with van der Waals surface area (Å²) in [5.41, 5.74) is 0.526. The Balaban J connectivity index is 0.000000378. The Morgan fingerprint density at radius 2 is 1.82 bits per heavy atom. The average molecular weight is 499 g/mol. The average Bonchev–Trinajstić information content (AvgIpc) is 3.19. The van der Waals surface area contributed by atoms with Crippen LogP contribution in [0.25, 0.3) is 0 Å². The summed E-state index contributed by atoms with van der Waals surface area (Å²) in [7, 11) is 0. The molecule has 1 aromatic heterocycles. The molecule has 0 bridgehead atoms. The van der Waals surface area contributed by atoms with Crippen molar-refractivity contribution in [2.45, 2.75) is 13.5 Å². The highest BCUT2D eigenvalue weighted by Gasteiger charge is 2.12. The lowest BCUT2D eigenvalue weighted by atomic mass is 10.2. The Bertz CT molecular complexity index is 975. The fourth-order valence-electron chi connectivity index (χ4n) is 2.70. The van der Waals surface area contributed by atoms with Gasteiger partial charge in [0.2, 0.25) is 0 Å². The minimum atomic E-state index is -0.785. The zero-order valence-corrected chi connectivity index (χ0v) is 19.9. The second kappa shape index (κ2) is 14.9. The maximum absolute atomic E-state index is 11.7. The van der Waals surface area contributed by atoms with Crippen molar-refractivity contribution in [1.82, 2.24) is 10.2 Å². The predicted octanol–water partition coefficient (Wildman–Crippen LogP) is 2.08. The molecule has 11 nitrogen and oxygen atoms in total. The van der Waals surface area contributed by atoms with Crippen molar-refractivity contribution in [3.8, 4) is 0 Å². The maximum Gasteiger partial charge on any atom is 0.519 e. The molecule has 0 spiro atoms. The molecule has 2 aromatic rings. The largest absolute Gasteiger partial charge is 0.519 e. The molecular formula is C22H30N2O9S. The molecule has 1 fully saturated rings. The minimum absolute atomic E-state index is 0. The van der Waals surface area contributed by atoms with Crippen LogP contribution in [-0.4, -0.2) is 74.3 Å². The van der Waals surface area contributed by atoms with Crippen LogP contribution in [0.5, 0.6) is 0 Å². The van der Waals surface area contributed by atoms with E-state index in [4.69, 9.17) is 14.2 Å². The number of esters is 1. The van der Waals surface area contributed by atoms with Crippen molar-refractivity contribution in [3.63, 3.8) is 0 Å². The quantitative estimate of drug-likeness (QED) is 0.535. The van der Waals surface area contributed by atoms with Crippen LogP contribution in [0.2, 0.25) is 0 Å². The second-order valence-electron chi connectivity index (χ2n) is 6.90. The van der Waals surface area contributed by atoms with E-state index in [0.717, 1.165) is 38.1 Å². The van der Waals surface area contributed by atoms with E-state index in [9.17, 15) is 19.2 Å². The van der Waals surface area contributed by atoms with Crippen molar-refractivity contribution in [2.75, 3.05) is 52.3 Å². The van der Waals surface area contributed by atoms with Gasteiger partial charge in [-0.3, -0.25) is 14.5 Å². The molecule has 1 amide bonds. The van der Waals surface area contributed by atoms with Gasteiger partial charge in [-0.25, -0.2) is 9.59 Å². The number of aryl methyl sites for hydroxylation is 1. The van der Waals surface area contributed by atoms with Crippen LogP contribution in [0.3, 0.4) is 0 Å². The SMILES string of the molecule is CSC(=O)OCc1oc(=O)oc1C.O=C(CNC(=O)c1ccccc1)OCCN1CCOCC1.[HH]. The summed E-state index contributed by atoms with van der Waals surface area (Å²) in [5, 5.41) is 2.11. The molecule has 3 rings (SSSR count). The first kappa shape index (κ1) is 27.2. The van der Waals surface area contributed by atoms with Gasteiger partial charge in [-0.2, -0.15) is 0 Å². The molecule has 1 saturated heterocycles. The zero-order chi connectivity index (χ0) is 24.8. The third kappa shape index (κ3) is 10.2. The summed E-state index contributed by atoms with van der Waals surface area (Å²) < 4.78 is 24.2. The molecule has 0 aliphatic carbocycles. The topological polar surface area (TPSA) is 138 Å². The summed E-state index contributed by atoms with van der Waals surface area (Å²) in [5.74, 6) is -0.910. The third-order valence-electron chi connectivity index (χ3n) is 4.53. The van der Waals surface area contributed by atoms with Gasteiger partial charge in [-0.1, -0.05) is 18.2 Å². The molecule has 1 N–H and O–H groups in total. The van der Waals surface area contributed by atoms with Crippen molar-refractivity contribution in [1.29, 1.82) is 0 Å². The van der Waals surface area contributed by atoms with Gasteiger partial charge >= 0.3 is 17.1 Å². The van der Waals surface area contributed by atoms with E-state index < -0.39 is 17.1 Å². The van der Waals surface area contributed by atoms with Crippen molar-refractivity contribution in [2.24, 2.45) is 0 Å². The van der Waals surface area contributed by atoms with E-state index in [1.165, 1.54) is 0 Å². The van der Waals surface area contributed by atoms with Gasteiger partial charge in [-0.05, 0) is 37.1 Å². The molecule has 188 valence electrons. The first-order valence-corrected chi connectivity index (χ1v) is 11.7. The number of benzene rings is 1. The van der Waals surface area contributed by atoms with Gasteiger partial charge < -0.3 is 28.4 Å². The van der Waals surface area contributed by atoms with Crippen LogP contribution in [0.4, 0.5) is 4.79 Å². The zero-order valence-electron chi connectivity index (χ0n) is 19.1. The number of hydrogen-bond acceptors (Lipinski definition) is 11. The first-order chi connectivity index (χ1) is 16.4. The monoisotopic (exact) mass is 498 g/mol. The Labute approximate surface area is 202 Å². The summed E-state index contributed by atoms with van der Waals surface area (Å²) in [6.45, 7) is 5.58. The highest BCUT2D eigenvalue weighted by atomic mass is 32.2. The van der Waals surface area contributed by atoms with Gasteiger partial charge in [0.1, 0.15) is 13.2 Å². The number of carbonyl (C=O) groups excluding carboxylic acids is 3. The number of hydrogen-bond donors (Lipinski definition) is 1. The van der Waals surface area contributed by atoms with Crippen LogP contribution in [-0.2, 0) is 25.6 Å². The lowest BCUT2D eigenvalue weighted by molar-refractivity contribution is -0.143. The lowest BCUT2D eigenvalue weighted by Gasteiger charge is -2.26. The van der Waals surface area contributed by atoms with Crippen molar-refractivity contribution in [3.05, 3.63) is 58.0 Å². The number of carbonyl (C=O) groups is 3. The number of nitrogens with one attached hydrogen (secondary N) is 1. The predicted molar refractivity (Wildman–Crippen MR) is 125 cm³/mol. The van der Waals surface area contributed by atoms with Crippen LogP contribution in [0.1, 0.15) is 23.3 Å². The van der Waals surface area contributed by atoms with Gasteiger partial charge in [0, 0.05) is 26.6 Å². The molecule has 0 unspecified atom stereocenters. The van der Waals surface area contributed by atoms with Crippen LogP contribution in [0, 0.1) is 6.92 Å². The number of morpholine rings is 1. The van der Waals surface area contributed by atoms with E-state index in [0.29, 0.717) is 24.5 Å². The normalized spacial score (nSPS) is 13.4. The molecule has 0 atom stereocenters. The number of thioether (sulfide) groups is 1. The molecule has 34 heavy (non-hydrogen) atoms. The summed E-state index contributed by atoms with van der Waals surface area (Å²) in [6.07, 6.45) is 1.60. The maximum atomic E-state index is 11.7. The van der Waals surface area contributed by atoms with Gasteiger partial charge in [0.25, 0.3) is 5.91 Å². The number of amides is 1. The molecule has 0 radical (unpaired) electrons. The van der Waals surface area contributed by atoms with Crippen LogP contribution < -0.4 is 11.1 Å². The first-order valence-electron chi connectivity index (χ1n) is 10.5. The van der Waals surface area contributed by atoms with Gasteiger partial charge in [0.05, 0.1) is 13.2 Å². The fourth-order valence-corrected chi connectivity index (χ4v) is 2.87. The summed E-state index contributed by atoms with van der Waals surface area (Å²) in [6, 6.07) is 8.76.